The van der Waals surface area contributed by atoms with Crippen LogP contribution >= 0.6 is 0 Å². The van der Waals surface area contributed by atoms with E-state index in [1.54, 1.807) is 49.4 Å². The third-order valence-corrected chi connectivity index (χ3v) is 5.24. The number of nitrogens with one attached hydrogen (secondary N) is 3. The first kappa shape index (κ1) is 24.9. The Morgan fingerprint density at radius 1 is 1.00 bits per heavy atom. The van der Waals surface area contributed by atoms with Crippen molar-refractivity contribution >= 4 is 23.5 Å². The van der Waals surface area contributed by atoms with E-state index in [1.807, 2.05) is 20.8 Å². The van der Waals surface area contributed by atoms with E-state index in [1.165, 1.54) is 30.5 Å². The molecule has 0 aromatic heterocycles. The van der Waals surface area contributed by atoms with Crippen LogP contribution in [0.2, 0.25) is 0 Å². The highest BCUT2D eigenvalue weighted by Gasteiger charge is 2.28. The van der Waals surface area contributed by atoms with E-state index >= 15 is 0 Å². The topological polar surface area (TPSA) is 74.2 Å². The van der Waals surface area contributed by atoms with E-state index < -0.39 is 23.4 Å². The van der Waals surface area contributed by atoms with Gasteiger partial charge in [0, 0.05) is 28.6 Å². The number of carbonyl (C=O) groups is 1. The number of carbonyl (C=O) groups excluding carboxylic acids is 1. The van der Waals surface area contributed by atoms with Crippen LogP contribution in [0.4, 0.5) is 20.2 Å². The monoisotopic (exact) mass is 465 g/mol. The van der Waals surface area contributed by atoms with Crippen molar-refractivity contribution in [1.82, 2.24) is 5.32 Å². The molecule has 0 heterocycles. The summed E-state index contributed by atoms with van der Waals surface area (Å²) in [5, 5.41) is 13.9. The molecule has 0 aliphatic rings. The number of hydrogen-bond acceptors (Lipinski definition) is 4. The Balaban J connectivity index is 1.88. The summed E-state index contributed by atoms with van der Waals surface area (Å²) < 4.78 is 33.4. The van der Waals surface area contributed by atoms with Gasteiger partial charge in [0.2, 0.25) is 5.91 Å². The predicted molar refractivity (Wildman–Crippen MR) is 131 cm³/mol. The van der Waals surface area contributed by atoms with Crippen molar-refractivity contribution in [3.05, 3.63) is 89.5 Å². The lowest BCUT2D eigenvalue weighted by Gasteiger charge is -2.29. The van der Waals surface area contributed by atoms with Crippen LogP contribution < -0.4 is 15.4 Å². The van der Waals surface area contributed by atoms with Crippen LogP contribution in [0.3, 0.4) is 0 Å². The number of benzene rings is 3. The zero-order valence-electron chi connectivity index (χ0n) is 19.7. The van der Waals surface area contributed by atoms with Crippen LogP contribution in [0.25, 0.3) is 0 Å². The minimum Gasteiger partial charge on any atom is -0.484 e. The number of halogens is 2. The first-order valence-electron chi connectivity index (χ1n) is 11.0. The van der Waals surface area contributed by atoms with Crippen molar-refractivity contribution in [3.63, 3.8) is 0 Å². The maximum atomic E-state index is 14.0. The summed E-state index contributed by atoms with van der Waals surface area (Å²) in [5.74, 6) is -0.435. The molecule has 5 nitrogen and oxygen atoms in total. The second-order valence-electron chi connectivity index (χ2n) is 9.13. The Kier molecular flexibility index (Phi) is 7.66. The number of anilines is 2. The molecule has 3 N–H and O–H groups in total. The molecule has 2 atom stereocenters. The minimum atomic E-state index is -0.670. The molecule has 0 aliphatic heterocycles. The van der Waals surface area contributed by atoms with Gasteiger partial charge in [-0.1, -0.05) is 32.9 Å². The SMILES string of the molecule is C[C@H](NC(=O)C(C)(C)C)[C@H](Oc1ccc(Nc2ccc(F)cc2)c(C=N)c1)c1cccc(F)c1. The van der Waals surface area contributed by atoms with Crippen molar-refractivity contribution in [1.29, 1.82) is 5.41 Å². The lowest BCUT2D eigenvalue weighted by atomic mass is 9.94. The molecule has 0 saturated heterocycles. The van der Waals surface area contributed by atoms with Gasteiger partial charge in [-0.05, 0) is 67.1 Å². The number of rotatable bonds is 8. The zero-order chi connectivity index (χ0) is 24.9. The van der Waals surface area contributed by atoms with Gasteiger partial charge in [-0.25, -0.2) is 8.78 Å². The van der Waals surface area contributed by atoms with Gasteiger partial charge in [0.05, 0.1) is 6.04 Å². The lowest BCUT2D eigenvalue weighted by molar-refractivity contribution is -0.129. The molecule has 0 saturated carbocycles. The van der Waals surface area contributed by atoms with Gasteiger partial charge in [-0.3, -0.25) is 4.79 Å². The highest BCUT2D eigenvalue weighted by atomic mass is 19.1. The molecule has 3 aromatic carbocycles. The molecule has 3 aromatic rings. The first-order valence-corrected chi connectivity index (χ1v) is 11.0. The van der Waals surface area contributed by atoms with Crippen LogP contribution in [0.1, 0.15) is 44.9 Å². The van der Waals surface area contributed by atoms with Gasteiger partial charge in [0.25, 0.3) is 0 Å². The molecular formula is C27H29F2N3O2. The van der Waals surface area contributed by atoms with Crippen molar-refractivity contribution < 1.29 is 18.3 Å². The van der Waals surface area contributed by atoms with Gasteiger partial charge in [-0.15, -0.1) is 0 Å². The van der Waals surface area contributed by atoms with Crippen LogP contribution in [0, 0.1) is 22.5 Å². The molecule has 178 valence electrons. The van der Waals surface area contributed by atoms with Crippen LogP contribution in [-0.2, 0) is 4.79 Å². The Bertz CT molecular complexity index is 1160. The molecule has 0 bridgehead atoms. The summed E-state index contributed by atoms with van der Waals surface area (Å²) in [5.41, 5.74) is 1.85. The van der Waals surface area contributed by atoms with Crippen molar-refractivity contribution in [2.24, 2.45) is 5.41 Å². The number of ether oxygens (including phenoxy) is 1. The molecule has 0 unspecified atom stereocenters. The molecule has 1 amide bonds. The third kappa shape index (κ3) is 6.41. The van der Waals surface area contributed by atoms with Gasteiger partial charge >= 0.3 is 0 Å². The number of hydrogen-bond donors (Lipinski definition) is 3. The van der Waals surface area contributed by atoms with Crippen molar-refractivity contribution in [3.8, 4) is 5.75 Å². The first-order chi connectivity index (χ1) is 16.1. The van der Waals surface area contributed by atoms with E-state index in [0.29, 0.717) is 28.3 Å². The number of amides is 1. The highest BCUT2D eigenvalue weighted by molar-refractivity contribution is 5.88. The molecule has 34 heavy (non-hydrogen) atoms. The summed E-state index contributed by atoms with van der Waals surface area (Å²) >= 11 is 0. The molecule has 0 aliphatic carbocycles. The quantitative estimate of drug-likeness (QED) is 0.338. The average molecular weight is 466 g/mol. The fraction of sp³-hybridized carbons (Fsp3) is 0.259. The summed E-state index contributed by atoms with van der Waals surface area (Å²) in [6, 6.07) is 16.7. The van der Waals surface area contributed by atoms with E-state index in [-0.39, 0.29) is 11.7 Å². The standard InChI is InChI=1S/C27H29F2N3O2/c1-17(31-26(33)27(2,3)4)25(18-6-5-7-21(29)14-18)34-23-12-13-24(19(15-23)16-30)32-22-10-8-20(28)9-11-22/h5-17,25,30,32H,1-4H3,(H,31,33)/t17-,25-/m0/s1. The van der Waals surface area contributed by atoms with E-state index in [0.717, 1.165) is 0 Å². The van der Waals surface area contributed by atoms with E-state index in [4.69, 9.17) is 10.1 Å². The Morgan fingerprint density at radius 2 is 1.71 bits per heavy atom. The van der Waals surface area contributed by atoms with E-state index in [9.17, 15) is 13.6 Å². The second-order valence-corrected chi connectivity index (χ2v) is 9.13. The van der Waals surface area contributed by atoms with Gasteiger partial charge in [-0.2, -0.15) is 0 Å². The smallest absolute Gasteiger partial charge is 0.225 e. The largest absolute Gasteiger partial charge is 0.484 e. The average Bonchev–Trinajstić information content (AvgIpc) is 2.79. The molecule has 0 fully saturated rings. The third-order valence-electron chi connectivity index (χ3n) is 5.24. The van der Waals surface area contributed by atoms with Crippen molar-refractivity contribution in [2.75, 3.05) is 5.32 Å². The summed E-state index contributed by atoms with van der Waals surface area (Å²) in [6.45, 7) is 7.25. The van der Waals surface area contributed by atoms with E-state index in [2.05, 4.69) is 10.6 Å². The summed E-state index contributed by atoms with van der Waals surface area (Å²) in [7, 11) is 0. The van der Waals surface area contributed by atoms with Gasteiger partial charge < -0.3 is 20.8 Å². The highest BCUT2D eigenvalue weighted by Crippen LogP contribution is 2.30. The maximum absolute atomic E-state index is 14.0. The van der Waals surface area contributed by atoms with Crippen LogP contribution in [-0.4, -0.2) is 18.2 Å². The summed E-state index contributed by atoms with van der Waals surface area (Å²) in [6.07, 6.45) is 0.511. The molecule has 3 rings (SSSR count). The maximum Gasteiger partial charge on any atom is 0.225 e. The van der Waals surface area contributed by atoms with Gasteiger partial charge in [0.15, 0.2) is 0 Å². The fourth-order valence-corrected chi connectivity index (χ4v) is 3.32. The Hall–Kier alpha value is -3.74. The predicted octanol–water partition coefficient (Wildman–Crippen LogP) is 6.38. The minimum absolute atomic E-state index is 0.149. The zero-order valence-corrected chi connectivity index (χ0v) is 19.7. The van der Waals surface area contributed by atoms with Crippen molar-refractivity contribution in [2.45, 2.75) is 39.8 Å². The molecule has 0 spiro atoms. The molecular weight excluding hydrogens is 436 g/mol. The van der Waals surface area contributed by atoms with Gasteiger partial charge in [0.1, 0.15) is 23.5 Å². The summed E-state index contributed by atoms with van der Waals surface area (Å²) in [4.78, 5) is 12.6. The second kappa shape index (κ2) is 10.5. The Morgan fingerprint density at radius 3 is 2.32 bits per heavy atom. The fourth-order valence-electron chi connectivity index (χ4n) is 3.32. The normalized spacial score (nSPS) is 13.0. The lowest BCUT2D eigenvalue weighted by Crippen LogP contribution is -2.44. The van der Waals surface area contributed by atoms with Crippen LogP contribution in [0.15, 0.2) is 66.7 Å². The molecule has 0 radical (unpaired) electrons. The Labute approximate surface area is 198 Å². The molecule has 7 heteroatoms. The van der Waals surface area contributed by atoms with Crippen LogP contribution in [0.5, 0.6) is 5.75 Å².